The molecule has 1 amide bonds. The van der Waals surface area contributed by atoms with Crippen LogP contribution >= 0.6 is 11.6 Å². The molecule has 0 radical (unpaired) electrons. The third-order valence-corrected chi connectivity index (χ3v) is 3.72. The second kappa shape index (κ2) is 7.36. The number of hydrogen-bond acceptors (Lipinski definition) is 4. The lowest BCUT2D eigenvalue weighted by atomic mass is 10.1. The quantitative estimate of drug-likeness (QED) is 0.824. The Kier molecular flexibility index (Phi) is 5.46. The van der Waals surface area contributed by atoms with Crippen LogP contribution in [0.3, 0.4) is 0 Å². The maximum atomic E-state index is 12.2. The van der Waals surface area contributed by atoms with E-state index in [0.29, 0.717) is 10.7 Å². The number of esters is 1. The molecule has 0 aromatic heterocycles. The Labute approximate surface area is 145 Å². The number of ether oxygens (including phenoxy) is 1. The van der Waals surface area contributed by atoms with Gasteiger partial charge in [-0.3, -0.25) is 4.79 Å². The Bertz CT molecular complexity index is 789. The summed E-state index contributed by atoms with van der Waals surface area (Å²) in [7, 11) is 0. The van der Waals surface area contributed by atoms with Gasteiger partial charge in [-0.15, -0.1) is 0 Å². The normalized spacial score (nSPS) is 11.7. The average molecular weight is 348 g/mol. The van der Waals surface area contributed by atoms with E-state index in [0.717, 1.165) is 11.1 Å². The number of amides is 1. The van der Waals surface area contributed by atoms with E-state index < -0.39 is 18.0 Å². The van der Waals surface area contributed by atoms with Crippen molar-refractivity contribution < 1.29 is 19.4 Å². The zero-order valence-electron chi connectivity index (χ0n) is 13.6. The number of benzene rings is 2. The van der Waals surface area contributed by atoms with Gasteiger partial charge in [-0.1, -0.05) is 29.3 Å². The molecule has 2 aromatic carbocycles. The molecule has 0 unspecified atom stereocenters. The molecule has 0 saturated carbocycles. The first kappa shape index (κ1) is 17.8. The van der Waals surface area contributed by atoms with Crippen LogP contribution < -0.4 is 5.32 Å². The highest BCUT2D eigenvalue weighted by Gasteiger charge is 2.21. The van der Waals surface area contributed by atoms with Gasteiger partial charge >= 0.3 is 5.97 Å². The molecule has 0 aliphatic heterocycles. The van der Waals surface area contributed by atoms with Crippen LogP contribution in [0.4, 0.5) is 5.69 Å². The van der Waals surface area contributed by atoms with Crippen molar-refractivity contribution in [2.45, 2.75) is 26.9 Å². The molecule has 24 heavy (non-hydrogen) atoms. The Balaban J connectivity index is 2.07. The maximum absolute atomic E-state index is 12.2. The minimum absolute atomic E-state index is 0.0218. The Morgan fingerprint density at radius 2 is 1.88 bits per heavy atom. The highest BCUT2D eigenvalue weighted by Crippen LogP contribution is 2.22. The van der Waals surface area contributed by atoms with E-state index in [1.807, 2.05) is 6.92 Å². The van der Waals surface area contributed by atoms with E-state index in [4.69, 9.17) is 16.3 Å². The van der Waals surface area contributed by atoms with Gasteiger partial charge in [0, 0.05) is 10.7 Å². The number of rotatable bonds is 4. The predicted molar refractivity (Wildman–Crippen MR) is 92.5 cm³/mol. The Morgan fingerprint density at radius 3 is 2.58 bits per heavy atom. The number of carbonyl (C=O) groups excluding carboxylic acids is 2. The lowest BCUT2D eigenvalue weighted by Crippen LogP contribution is -2.30. The fraction of sp³-hybridized carbons (Fsp3) is 0.222. The summed E-state index contributed by atoms with van der Waals surface area (Å²) < 4.78 is 5.13. The van der Waals surface area contributed by atoms with E-state index >= 15 is 0 Å². The van der Waals surface area contributed by atoms with Crippen LogP contribution in [0.15, 0.2) is 36.4 Å². The summed E-state index contributed by atoms with van der Waals surface area (Å²) in [6.45, 7) is 5.07. The van der Waals surface area contributed by atoms with Crippen LogP contribution in [-0.2, 0) is 9.53 Å². The highest BCUT2D eigenvalue weighted by atomic mass is 35.5. The van der Waals surface area contributed by atoms with Crippen molar-refractivity contribution in [3.8, 4) is 5.75 Å². The SMILES string of the molecule is Cc1ccc(O)c(C(=O)O[C@@H](C)C(=O)Nc2cc(Cl)ccc2C)c1. The molecule has 0 aliphatic rings. The molecule has 0 bridgehead atoms. The largest absolute Gasteiger partial charge is 0.507 e. The number of halogens is 1. The molecule has 2 N–H and O–H groups in total. The number of anilines is 1. The van der Waals surface area contributed by atoms with Crippen LogP contribution in [0.2, 0.25) is 5.02 Å². The van der Waals surface area contributed by atoms with Gasteiger partial charge < -0.3 is 15.2 Å². The molecule has 0 spiro atoms. The fourth-order valence-electron chi connectivity index (χ4n) is 2.05. The van der Waals surface area contributed by atoms with Crippen molar-refractivity contribution >= 4 is 29.2 Å². The summed E-state index contributed by atoms with van der Waals surface area (Å²) in [6.07, 6.45) is -1.03. The number of carbonyl (C=O) groups is 2. The molecule has 0 fully saturated rings. The zero-order valence-corrected chi connectivity index (χ0v) is 14.3. The summed E-state index contributed by atoms with van der Waals surface area (Å²) in [5, 5.41) is 12.9. The summed E-state index contributed by atoms with van der Waals surface area (Å²) in [6, 6.07) is 9.70. The van der Waals surface area contributed by atoms with E-state index in [1.165, 1.54) is 19.1 Å². The molecule has 2 rings (SSSR count). The van der Waals surface area contributed by atoms with Crippen molar-refractivity contribution in [1.82, 2.24) is 0 Å². The summed E-state index contributed by atoms with van der Waals surface area (Å²) >= 11 is 5.91. The third-order valence-electron chi connectivity index (χ3n) is 3.48. The molecule has 1 atom stereocenters. The zero-order chi connectivity index (χ0) is 17.9. The maximum Gasteiger partial charge on any atom is 0.342 e. The standard InChI is InChI=1S/C18H18ClNO4/c1-10-4-7-16(21)14(8-10)18(23)24-12(3)17(22)20-15-9-13(19)6-5-11(15)2/h4-9,12,21H,1-3H3,(H,20,22)/t12-/m0/s1. The van der Waals surface area contributed by atoms with Crippen LogP contribution in [0.1, 0.15) is 28.4 Å². The molecule has 126 valence electrons. The number of phenols is 1. The molecule has 0 heterocycles. The molecule has 0 saturated heterocycles. The molecule has 0 aliphatic carbocycles. The van der Waals surface area contributed by atoms with E-state index in [9.17, 15) is 14.7 Å². The smallest absolute Gasteiger partial charge is 0.342 e. The van der Waals surface area contributed by atoms with Gasteiger partial charge in [0.1, 0.15) is 11.3 Å². The van der Waals surface area contributed by atoms with Crippen molar-refractivity contribution in [1.29, 1.82) is 0 Å². The number of aryl methyl sites for hydroxylation is 2. The van der Waals surface area contributed by atoms with Crippen LogP contribution in [0.5, 0.6) is 5.75 Å². The minimum atomic E-state index is -1.03. The first-order valence-electron chi connectivity index (χ1n) is 7.35. The van der Waals surface area contributed by atoms with Crippen molar-refractivity contribution in [3.63, 3.8) is 0 Å². The number of phenolic OH excluding ortho intramolecular Hbond substituents is 1. The fourth-order valence-corrected chi connectivity index (χ4v) is 2.23. The minimum Gasteiger partial charge on any atom is -0.507 e. The van der Waals surface area contributed by atoms with Gasteiger partial charge in [0.2, 0.25) is 0 Å². The average Bonchev–Trinajstić information content (AvgIpc) is 2.53. The summed E-state index contributed by atoms with van der Waals surface area (Å²) in [5.74, 6) is -1.44. The number of aromatic hydroxyl groups is 1. The van der Waals surface area contributed by atoms with Gasteiger partial charge in [-0.2, -0.15) is 0 Å². The highest BCUT2D eigenvalue weighted by molar-refractivity contribution is 6.31. The predicted octanol–water partition coefficient (Wildman–Crippen LogP) is 3.85. The van der Waals surface area contributed by atoms with Crippen LogP contribution in [0, 0.1) is 13.8 Å². The van der Waals surface area contributed by atoms with Crippen molar-refractivity contribution in [2.75, 3.05) is 5.32 Å². The third kappa shape index (κ3) is 4.26. The van der Waals surface area contributed by atoms with Gasteiger partial charge in [-0.25, -0.2) is 4.79 Å². The first-order valence-corrected chi connectivity index (χ1v) is 7.73. The van der Waals surface area contributed by atoms with Gasteiger partial charge in [0.05, 0.1) is 0 Å². The van der Waals surface area contributed by atoms with Crippen LogP contribution in [-0.4, -0.2) is 23.1 Å². The van der Waals surface area contributed by atoms with Gasteiger partial charge in [0.15, 0.2) is 6.10 Å². The number of hydrogen-bond donors (Lipinski definition) is 2. The Morgan fingerprint density at radius 1 is 1.17 bits per heavy atom. The van der Waals surface area contributed by atoms with Crippen molar-refractivity contribution in [2.24, 2.45) is 0 Å². The lowest BCUT2D eigenvalue weighted by molar-refractivity contribution is -0.123. The summed E-state index contributed by atoms with van der Waals surface area (Å²) in [5.41, 5.74) is 2.20. The monoisotopic (exact) mass is 347 g/mol. The molecule has 2 aromatic rings. The molecular formula is C18H18ClNO4. The van der Waals surface area contributed by atoms with Crippen LogP contribution in [0.25, 0.3) is 0 Å². The van der Waals surface area contributed by atoms with E-state index in [2.05, 4.69) is 5.32 Å². The van der Waals surface area contributed by atoms with Crippen molar-refractivity contribution in [3.05, 3.63) is 58.1 Å². The van der Waals surface area contributed by atoms with E-state index in [1.54, 1.807) is 31.2 Å². The topological polar surface area (TPSA) is 75.6 Å². The van der Waals surface area contributed by atoms with Gasteiger partial charge in [0.25, 0.3) is 5.91 Å². The Hall–Kier alpha value is -2.53. The second-order valence-electron chi connectivity index (χ2n) is 5.52. The second-order valence-corrected chi connectivity index (χ2v) is 5.95. The first-order chi connectivity index (χ1) is 11.3. The summed E-state index contributed by atoms with van der Waals surface area (Å²) in [4.78, 5) is 24.3. The van der Waals surface area contributed by atoms with E-state index in [-0.39, 0.29) is 11.3 Å². The molecular weight excluding hydrogens is 330 g/mol. The van der Waals surface area contributed by atoms with Gasteiger partial charge in [-0.05, 0) is 50.6 Å². The molecule has 6 heteroatoms. The number of nitrogens with one attached hydrogen (secondary N) is 1. The lowest BCUT2D eigenvalue weighted by Gasteiger charge is -2.15. The molecule has 5 nitrogen and oxygen atoms in total.